The lowest BCUT2D eigenvalue weighted by Gasteiger charge is -2.30. The summed E-state index contributed by atoms with van der Waals surface area (Å²) < 4.78 is 5.41. The molecule has 0 bridgehead atoms. The van der Waals surface area contributed by atoms with Gasteiger partial charge in [-0.2, -0.15) is 0 Å². The number of hydrogen-bond donors (Lipinski definition) is 2. The number of allylic oxidation sites excluding steroid dienone is 3. The van der Waals surface area contributed by atoms with E-state index in [2.05, 4.69) is 19.7 Å². The molecule has 0 saturated carbocycles. The minimum atomic E-state index is -2.60. The van der Waals surface area contributed by atoms with Gasteiger partial charge in [0.1, 0.15) is 0 Å². The standard InChI is InChI=1S/C12H18O5Si/c1-4-7-18(8-5-2,9-6-3)17-10(11(13)14)12(15)16/h4-6,10H,1-3,7-9H2,(H,13,14)(H,15,16). The molecule has 100 valence electrons. The average molecular weight is 270 g/mol. The maximum absolute atomic E-state index is 10.9. The zero-order chi connectivity index (χ0) is 14.2. The molecule has 0 aliphatic rings. The lowest BCUT2D eigenvalue weighted by atomic mass is 10.4. The van der Waals surface area contributed by atoms with Crippen LogP contribution < -0.4 is 0 Å². The average Bonchev–Trinajstić information content (AvgIpc) is 2.26. The van der Waals surface area contributed by atoms with Crippen molar-refractivity contribution in [2.45, 2.75) is 24.2 Å². The molecule has 0 heterocycles. The largest absolute Gasteiger partial charge is 0.479 e. The van der Waals surface area contributed by atoms with Crippen molar-refractivity contribution in [2.24, 2.45) is 0 Å². The molecule has 18 heavy (non-hydrogen) atoms. The van der Waals surface area contributed by atoms with E-state index < -0.39 is 26.4 Å². The molecule has 0 spiro atoms. The van der Waals surface area contributed by atoms with Gasteiger partial charge in [0.2, 0.25) is 14.4 Å². The van der Waals surface area contributed by atoms with Crippen LogP contribution in [0.2, 0.25) is 18.1 Å². The van der Waals surface area contributed by atoms with Gasteiger partial charge < -0.3 is 14.6 Å². The van der Waals surface area contributed by atoms with Gasteiger partial charge in [-0.1, -0.05) is 18.2 Å². The molecule has 0 saturated heterocycles. The van der Waals surface area contributed by atoms with Crippen molar-refractivity contribution in [2.75, 3.05) is 0 Å². The van der Waals surface area contributed by atoms with Crippen molar-refractivity contribution < 1.29 is 24.2 Å². The van der Waals surface area contributed by atoms with Crippen molar-refractivity contribution in [3.8, 4) is 0 Å². The Morgan fingerprint density at radius 2 is 1.33 bits per heavy atom. The van der Waals surface area contributed by atoms with E-state index >= 15 is 0 Å². The molecule has 0 unspecified atom stereocenters. The molecule has 0 radical (unpaired) electrons. The lowest BCUT2D eigenvalue weighted by molar-refractivity contribution is -0.159. The Labute approximate surface area is 107 Å². The van der Waals surface area contributed by atoms with Crippen LogP contribution in [0.3, 0.4) is 0 Å². The summed E-state index contributed by atoms with van der Waals surface area (Å²) in [6, 6.07) is 1.34. The number of carboxylic acid groups (broad SMARTS) is 2. The first kappa shape index (κ1) is 16.3. The molecule has 0 aromatic rings. The van der Waals surface area contributed by atoms with E-state index in [1.165, 1.54) is 0 Å². The van der Waals surface area contributed by atoms with E-state index in [0.717, 1.165) is 0 Å². The van der Waals surface area contributed by atoms with Crippen molar-refractivity contribution in [3.05, 3.63) is 38.0 Å². The second-order valence-corrected chi connectivity index (χ2v) is 7.66. The van der Waals surface area contributed by atoms with Gasteiger partial charge in [0, 0.05) is 0 Å². The SMILES string of the molecule is C=CC[Si](CC=C)(CC=C)OC(C(=O)O)C(=O)O. The summed E-state index contributed by atoms with van der Waals surface area (Å²) in [4.78, 5) is 21.7. The lowest BCUT2D eigenvalue weighted by Crippen LogP contribution is -2.46. The zero-order valence-corrected chi connectivity index (χ0v) is 11.2. The van der Waals surface area contributed by atoms with Crippen LogP contribution in [-0.2, 0) is 14.0 Å². The van der Waals surface area contributed by atoms with Gasteiger partial charge in [-0.05, 0) is 18.1 Å². The van der Waals surface area contributed by atoms with E-state index in [1.807, 2.05) is 0 Å². The molecule has 6 heteroatoms. The van der Waals surface area contributed by atoms with E-state index in [4.69, 9.17) is 14.6 Å². The van der Waals surface area contributed by atoms with Crippen LogP contribution in [0.1, 0.15) is 0 Å². The molecule has 0 aliphatic carbocycles. The van der Waals surface area contributed by atoms with Crippen molar-refractivity contribution in [1.82, 2.24) is 0 Å². The van der Waals surface area contributed by atoms with Gasteiger partial charge in [-0.3, -0.25) is 0 Å². The Kier molecular flexibility index (Phi) is 6.92. The molecule has 0 aromatic heterocycles. The van der Waals surface area contributed by atoms with Gasteiger partial charge in [0.05, 0.1) is 0 Å². The first-order valence-corrected chi connectivity index (χ1v) is 7.91. The van der Waals surface area contributed by atoms with Gasteiger partial charge in [0.25, 0.3) is 0 Å². The van der Waals surface area contributed by atoms with E-state index in [1.54, 1.807) is 18.2 Å². The number of rotatable bonds is 10. The first-order chi connectivity index (χ1) is 8.42. The summed E-state index contributed by atoms with van der Waals surface area (Å²) >= 11 is 0. The van der Waals surface area contributed by atoms with E-state index in [9.17, 15) is 9.59 Å². The van der Waals surface area contributed by atoms with Gasteiger partial charge in [0.15, 0.2) is 0 Å². The van der Waals surface area contributed by atoms with Crippen molar-refractivity contribution in [1.29, 1.82) is 0 Å². The fourth-order valence-electron chi connectivity index (χ4n) is 1.64. The minimum absolute atomic E-state index is 0.447. The topological polar surface area (TPSA) is 83.8 Å². The molecule has 5 nitrogen and oxygen atoms in total. The predicted octanol–water partition coefficient (Wildman–Crippen LogP) is 2.04. The van der Waals surface area contributed by atoms with Gasteiger partial charge in [-0.25, -0.2) is 9.59 Å². The maximum Gasteiger partial charge on any atom is 0.343 e. The zero-order valence-electron chi connectivity index (χ0n) is 10.2. The monoisotopic (exact) mass is 270 g/mol. The smallest absolute Gasteiger partial charge is 0.343 e. The highest BCUT2D eigenvalue weighted by Crippen LogP contribution is 2.26. The summed E-state index contributed by atoms with van der Waals surface area (Å²) in [5, 5.41) is 17.7. The van der Waals surface area contributed by atoms with Crippen molar-refractivity contribution in [3.63, 3.8) is 0 Å². The van der Waals surface area contributed by atoms with Crippen LogP contribution in [0.4, 0.5) is 0 Å². The van der Waals surface area contributed by atoms with Gasteiger partial charge >= 0.3 is 11.9 Å². The number of hydrogen-bond acceptors (Lipinski definition) is 3. The summed E-state index contributed by atoms with van der Waals surface area (Å²) in [6.45, 7) is 10.8. The molecular weight excluding hydrogens is 252 g/mol. The Hall–Kier alpha value is -1.66. The Bertz CT molecular complexity index is 310. The second kappa shape index (κ2) is 7.62. The third-order valence-corrected chi connectivity index (χ3v) is 6.20. The molecule has 0 aromatic carbocycles. The third-order valence-electron chi connectivity index (χ3n) is 2.37. The van der Waals surface area contributed by atoms with Crippen LogP contribution in [0.15, 0.2) is 38.0 Å². The van der Waals surface area contributed by atoms with Gasteiger partial charge in [-0.15, -0.1) is 19.7 Å². The van der Waals surface area contributed by atoms with Crippen LogP contribution in [0, 0.1) is 0 Å². The summed E-state index contributed by atoms with van der Waals surface area (Å²) in [7, 11) is -2.60. The van der Waals surface area contributed by atoms with Crippen LogP contribution in [0.5, 0.6) is 0 Å². The second-order valence-electron chi connectivity index (χ2n) is 3.84. The third kappa shape index (κ3) is 4.68. The highest BCUT2D eigenvalue weighted by atomic mass is 28.4. The fraction of sp³-hybridized carbons (Fsp3) is 0.333. The maximum atomic E-state index is 10.9. The minimum Gasteiger partial charge on any atom is -0.479 e. The Morgan fingerprint density at radius 3 is 1.56 bits per heavy atom. The van der Waals surface area contributed by atoms with Crippen LogP contribution in [-0.4, -0.2) is 36.6 Å². The highest BCUT2D eigenvalue weighted by molar-refractivity contribution is 6.75. The quantitative estimate of drug-likeness (QED) is 0.360. The summed E-state index contributed by atoms with van der Waals surface area (Å²) in [5.41, 5.74) is 0. The predicted molar refractivity (Wildman–Crippen MR) is 70.9 cm³/mol. The molecule has 0 fully saturated rings. The van der Waals surface area contributed by atoms with E-state index in [-0.39, 0.29) is 0 Å². The number of carbonyl (C=O) groups is 2. The Morgan fingerprint density at radius 1 is 1.00 bits per heavy atom. The fourth-order valence-corrected chi connectivity index (χ4v) is 4.71. The van der Waals surface area contributed by atoms with Crippen LogP contribution in [0.25, 0.3) is 0 Å². The molecular formula is C12H18O5Si. The van der Waals surface area contributed by atoms with Crippen molar-refractivity contribution >= 4 is 20.3 Å². The summed E-state index contributed by atoms with van der Waals surface area (Å²) in [6.07, 6.45) is 2.98. The normalized spacial score (nSPS) is 10.9. The molecule has 0 rings (SSSR count). The first-order valence-electron chi connectivity index (χ1n) is 5.38. The summed E-state index contributed by atoms with van der Waals surface area (Å²) in [5.74, 6) is -3.01. The molecule has 0 aliphatic heterocycles. The number of carboxylic acids is 2. The number of aliphatic carboxylic acids is 2. The Balaban J connectivity index is 5.20. The highest BCUT2D eigenvalue weighted by Gasteiger charge is 2.39. The van der Waals surface area contributed by atoms with E-state index in [0.29, 0.717) is 18.1 Å². The molecule has 0 amide bonds. The van der Waals surface area contributed by atoms with Crippen LogP contribution >= 0.6 is 0 Å². The molecule has 0 atom stereocenters. The molecule has 2 N–H and O–H groups in total.